The van der Waals surface area contributed by atoms with Crippen LogP contribution in [0.25, 0.3) is 0 Å². The lowest BCUT2D eigenvalue weighted by Gasteiger charge is -2.43. The van der Waals surface area contributed by atoms with E-state index >= 15 is 0 Å². The van der Waals surface area contributed by atoms with Crippen molar-refractivity contribution in [1.82, 2.24) is 5.32 Å². The summed E-state index contributed by atoms with van der Waals surface area (Å²) in [4.78, 5) is 12.4. The normalized spacial score (nSPS) is 18.2. The van der Waals surface area contributed by atoms with Crippen LogP contribution in [0.3, 0.4) is 0 Å². The molecule has 2 N–H and O–H groups in total. The Morgan fingerprint density at radius 3 is 2.25 bits per heavy atom. The number of carbonyl (C=O) groups excluding carboxylic acids is 1. The first-order valence-electron chi connectivity index (χ1n) is 8.64. The number of amides is 1. The summed E-state index contributed by atoms with van der Waals surface area (Å²) < 4.78 is 11.5. The van der Waals surface area contributed by atoms with E-state index in [4.69, 9.17) is 9.16 Å². The molecule has 24 heavy (non-hydrogen) atoms. The molecule has 5 nitrogen and oxygen atoms in total. The van der Waals surface area contributed by atoms with Gasteiger partial charge in [-0.2, -0.15) is 0 Å². The summed E-state index contributed by atoms with van der Waals surface area (Å²) in [5, 5.41) is 13.2. The van der Waals surface area contributed by atoms with Crippen LogP contribution in [0, 0.1) is 11.8 Å². The number of ether oxygens (including phenoxy) is 1. The van der Waals surface area contributed by atoms with Gasteiger partial charge in [-0.15, -0.1) is 0 Å². The van der Waals surface area contributed by atoms with Crippen LogP contribution in [0.1, 0.15) is 41.5 Å². The average Bonchev–Trinajstić information content (AvgIpc) is 2.47. The highest BCUT2D eigenvalue weighted by molar-refractivity contribution is 6.74. The summed E-state index contributed by atoms with van der Waals surface area (Å²) >= 11 is 0. The minimum Gasteiger partial charge on any atom is -0.413 e. The molecule has 0 aromatic heterocycles. The highest BCUT2D eigenvalue weighted by atomic mass is 28.4. The number of aliphatic hydroxyl groups is 1. The maximum Gasteiger partial charge on any atom is 0.227 e. The van der Waals surface area contributed by atoms with Crippen LogP contribution in [0.4, 0.5) is 0 Å². The number of nitrogens with one attached hydrogen (secondary N) is 1. The fraction of sp³-hybridized carbons (Fsp3) is 0.833. The van der Waals surface area contributed by atoms with Gasteiger partial charge in [-0.05, 0) is 25.1 Å². The largest absolute Gasteiger partial charge is 0.413 e. The zero-order chi connectivity index (χ0) is 19.1. The van der Waals surface area contributed by atoms with Crippen molar-refractivity contribution in [2.45, 2.75) is 71.9 Å². The predicted molar refractivity (Wildman–Crippen MR) is 101 cm³/mol. The summed E-state index contributed by atoms with van der Waals surface area (Å²) in [5.74, 6) is -0.706. The summed E-state index contributed by atoms with van der Waals surface area (Å²) in [6.45, 7) is 16.6. The smallest absolute Gasteiger partial charge is 0.227 e. The molecule has 1 amide bonds. The van der Waals surface area contributed by atoms with Crippen molar-refractivity contribution < 1.29 is 19.1 Å². The van der Waals surface area contributed by atoms with Gasteiger partial charge in [-0.1, -0.05) is 46.8 Å². The van der Waals surface area contributed by atoms with E-state index in [1.165, 1.54) is 7.11 Å². The minimum atomic E-state index is -2.09. The van der Waals surface area contributed by atoms with E-state index in [-0.39, 0.29) is 35.6 Å². The molecule has 0 spiro atoms. The molecule has 0 aromatic carbocycles. The second-order valence-corrected chi connectivity index (χ2v) is 12.7. The van der Waals surface area contributed by atoms with Crippen LogP contribution in [0.15, 0.2) is 12.2 Å². The van der Waals surface area contributed by atoms with Crippen LogP contribution >= 0.6 is 0 Å². The molecule has 6 heteroatoms. The Morgan fingerprint density at radius 1 is 1.29 bits per heavy atom. The maximum absolute atomic E-state index is 12.4. The third kappa shape index (κ3) is 6.67. The van der Waals surface area contributed by atoms with Crippen molar-refractivity contribution in [3.63, 3.8) is 0 Å². The first-order valence-corrected chi connectivity index (χ1v) is 11.5. The van der Waals surface area contributed by atoms with Gasteiger partial charge in [-0.25, -0.2) is 0 Å². The Bertz CT molecular complexity index is 418. The average molecular weight is 360 g/mol. The van der Waals surface area contributed by atoms with Crippen LogP contribution in [0.2, 0.25) is 18.1 Å². The van der Waals surface area contributed by atoms with Crippen molar-refractivity contribution in [3.8, 4) is 0 Å². The van der Waals surface area contributed by atoms with Gasteiger partial charge in [0, 0.05) is 13.0 Å². The van der Waals surface area contributed by atoms with E-state index < -0.39 is 14.4 Å². The molecule has 0 saturated heterocycles. The molecule has 0 saturated carbocycles. The molecule has 0 aromatic rings. The lowest BCUT2D eigenvalue weighted by Crippen LogP contribution is -2.51. The van der Waals surface area contributed by atoms with Crippen LogP contribution in [-0.2, 0) is 14.0 Å². The number of hydrogen-bond donors (Lipinski definition) is 2. The Morgan fingerprint density at radius 2 is 1.83 bits per heavy atom. The van der Waals surface area contributed by atoms with Crippen molar-refractivity contribution >= 4 is 14.2 Å². The third-order valence-electron chi connectivity index (χ3n) is 4.98. The molecule has 0 aliphatic carbocycles. The number of aliphatic hydroxyl groups excluding tert-OH is 1. The fourth-order valence-corrected chi connectivity index (χ4v) is 3.65. The monoisotopic (exact) mass is 359 g/mol. The summed E-state index contributed by atoms with van der Waals surface area (Å²) in [7, 11) is -0.551. The van der Waals surface area contributed by atoms with Gasteiger partial charge in [0.2, 0.25) is 5.91 Å². The molecule has 0 radical (unpaired) electrons. The molecule has 0 aliphatic heterocycles. The SMILES string of the molecule is C/C=C/[C@@H](O)[C@H](C)[C@H](O[Si](C)(C)C(C)(C)C)[C@@H](C)C(=O)NCOC. The number of allylic oxidation sites excluding steroid dienone is 1. The second-order valence-electron chi connectivity index (χ2n) is 7.98. The van der Waals surface area contributed by atoms with Gasteiger partial charge >= 0.3 is 0 Å². The Hall–Kier alpha value is -0.693. The predicted octanol–water partition coefficient (Wildman–Crippen LogP) is 3.31. The molecule has 4 atom stereocenters. The van der Waals surface area contributed by atoms with Gasteiger partial charge in [0.15, 0.2) is 8.32 Å². The Balaban J connectivity index is 5.47. The molecule has 0 fully saturated rings. The Labute approximate surface area is 148 Å². The minimum absolute atomic E-state index is 0.0270. The topological polar surface area (TPSA) is 67.8 Å². The molecule has 0 aliphatic rings. The quantitative estimate of drug-likeness (QED) is 0.376. The number of hydrogen-bond acceptors (Lipinski definition) is 4. The van der Waals surface area contributed by atoms with Crippen molar-refractivity contribution in [3.05, 3.63) is 12.2 Å². The van der Waals surface area contributed by atoms with E-state index in [0.29, 0.717) is 0 Å². The van der Waals surface area contributed by atoms with Gasteiger partial charge in [0.25, 0.3) is 0 Å². The fourth-order valence-electron chi connectivity index (χ4n) is 2.20. The maximum atomic E-state index is 12.4. The van der Waals surface area contributed by atoms with E-state index in [9.17, 15) is 9.90 Å². The van der Waals surface area contributed by atoms with Crippen LogP contribution < -0.4 is 5.32 Å². The van der Waals surface area contributed by atoms with E-state index in [1.54, 1.807) is 6.08 Å². The van der Waals surface area contributed by atoms with Crippen LogP contribution in [0.5, 0.6) is 0 Å². The zero-order valence-electron chi connectivity index (χ0n) is 16.8. The number of carbonyl (C=O) groups is 1. The highest BCUT2D eigenvalue weighted by Crippen LogP contribution is 2.39. The third-order valence-corrected chi connectivity index (χ3v) is 9.45. The summed E-state index contributed by atoms with van der Waals surface area (Å²) in [6, 6.07) is 0. The molecule has 0 unspecified atom stereocenters. The van der Waals surface area contributed by atoms with Gasteiger partial charge in [0.1, 0.15) is 6.73 Å². The standard InChI is InChI=1S/C18H37NO4Si/c1-10-11-15(20)13(2)16(14(3)17(21)19-12-22-7)23-24(8,9)18(4,5)6/h10-11,13-16,20H,12H2,1-9H3,(H,19,21)/b11-10+/t13-,14+,15+,16-/m0/s1. The molecule has 0 bridgehead atoms. The molecule has 142 valence electrons. The van der Waals surface area contributed by atoms with Gasteiger partial charge in [-0.3, -0.25) is 4.79 Å². The first kappa shape index (κ1) is 23.3. The number of methoxy groups -OCH3 is 1. The van der Waals surface area contributed by atoms with Crippen molar-refractivity contribution in [1.29, 1.82) is 0 Å². The lowest BCUT2D eigenvalue weighted by atomic mass is 9.88. The first-order chi connectivity index (χ1) is 10.9. The van der Waals surface area contributed by atoms with Gasteiger partial charge < -0.3 is 19.6 Å². The molecule has 0 heterocycles. The summed E-state index contributed by atoms with van der Waals surface area (Å²) in [6.07, 6.45) is 2.54. The lowest BCUT2D eigenvalue weighted by molar-refractivity contribution is -0.130. The highest BCUT2D eigenvalue weighted by Gasteiger charge is 2.43. The molecular formula is C18H37NO4Si. The Kier molecular flexibility index (Phi) is 9.42. The zero-order valence-corrected chi connectivity index (χ0v) is 17.8. The van der Waals surface area contributed by atoms with E-state index in [1.807, 2.05) is 26.8 Å². The van der Waals surface area contributed by atoms with Crippen LogP contribution in [-0.4, -0.2) is 45.4 Å². The molecular weight excluding hydrogens is 322 g/mol. The van der Waals surface area contributed by atoms with E-state index in [2.05, 4.69) is 39.2 Å². The number of rotatable bonds is 9. The second kappa shape index (κ2) is 9.70. The van der Waals surface area contributed by atoms with E-state index in [0.717, 1.165) is 0 Å². The van der Waals surface area contributed by atoms with Crippen molar-refractivity contribution in [2.75, 3.05) is 13.8 Å². The van der Waals surface area contributed by atoms with Gasteiger partial charge in [0.05, 0.1) is 18.1 Å². The summed E-state index contributed by atoms with van der Waals surface area (Å²) in [5.41, 5.74) is 0. The molecule has 0 rings (SSSR count). The van der Waals surface area contributed by atoms with Crippen molar-refractivity contribution in [2.24, 2.45) is 11.8 Å².